The number of rotatable bonds is 4. The van der Waals surface area contributed by atoms with Gasteiger partial charge in [-0.15, -0.1) is 0 Å². The molecule has 2 rings (SSSR count). The molecule has 116 valence electrons. The number of carbonyl (C=O) groups excluding carboxylic acids is 1. The summed E-state index contributed by atoms with van der Waals surface area (Å²) >= 11 is 0. The predicted octanol–water partition coefficient (Wildman–Crippen LogP) is 3.11. The number of benzene rings is 1. The summed E-state index contributed by atoms with van der Waals surface area (Å²) in [5.74, 6) is -0.322. The van der Waals surface area contributed by atoms with Gasteiger partial charge in [-0.2, -0.15) is 5.26 Å². The van der Waals surface area contributed by atoms with E-state index in [1.807, 2.05) is 32.0 Å². The second kappa shape index (κ2) is 7.65. The Kier molecular flexibility index (Phi) is 5.60. The van der Waals surface area contributed by atoms with Gasteiger partial charge in [0.25, 0.3) is 5.91 Å². The van der Waals surface area contributed by atoms with Crippen molar-refractivity contribution >= 4 is 17.7 Å². The van der Waals surface area contributed by atoms with Crippen molar-refractivity contribution in [2.75, 3.05) is 18.0 Å². The summed E-state index contributed by atoms with van der Waals surface area (Å²) in [4.78, 5) is 14.3. The molecule has 1 aliphatic heterocycles. The first-order valence-electron chi connectivity index (χ1n) is 7.88. The van der Waals surface area contributed by atoms with Crippen LogP contribution >= 0.6 is 0 Å². The van der Waals surface area contributed by atoms with E-state index >= 15 is 0 Å². The summed E-state index contributed by atoms with van der Waals surface area (Å²) in [5, 5.41) is 11.9. The van der Waals surface area contributed by atoms with Crippen LogP contribution in [0.3, 0.4) is 0 Å². The Morgan fingerprint density at radius 2 is 1.86 bits per heavy atom. The number of piperidine rings is 1. The van der Waals surface area contributed by atoms with Crippen molar-refractivity contribution in [1.82, 2.24) is 5.32 Å². The molecule has 0 aliphatic carbocycles. The lowest BCUT2D eigenvalue weighted by atomic mass is 10.1. The van der Waals surface area contributed by atoms with Gasteiger partial charge < -0.3 is 10.2 Å². The zero-order valence-electron chi connectivity index (χ0n) is 13.3. The van der Waals surface area contributed by atoms with Crippen LogP contribution in [0.15, 0.2) is 29.8 Å². The van der Waals surface area contributed by atoms with E-state index in [0.29, 0.717) is 0 Å². The van der Waals surface area contributed by atoms with Crippen LogP contribution in [0.1, 0.15) is 38.7 Å². The molecule has 0 aromatic heterocycles. The van der Waals surface area contributed by atoms with Crippen molar-refractivity contribution in [2.24, 2.45) is 0 Å². The van der Waals surface area contributed by atoms with Crippen LogP contribution in [0.25, 0.3) is 6.08 Å². The Morgan fingerprint density at radius 1 is 1.23 bits per heavy atom. The van der Waals surface area contributed by atoms with Gasteiger partial charge in [0.05, 0.1) is 0 Å². The molecule has 1 aromatic carbocycles. The van der Waals surface area contributed by atoms with E-state index < -0.39 is 0 Å². The van der Waals surface area contributed by atoms with E-state index in [1.54, 1.807) is 6.08 Å². The number of hydrogen-bond donors (Lipinski definition) is 1. The number of nitriles is 1. The molecule has 0 unspecified atom stereocenters. The monoisotopic (exact) mass is 297 g/mol. The Labute approximate surface area is 132 Å². The Morgan fingerprint density at radius 3 is 2.41 bits per heavy atom. The fourth-order valence-electron chi connectivity index (χ4n) is 2.59. The highest BCUT2D eigenvalue weighted by Crippen LogP contribution is 2.21. The Hall–Kier alpha value is -2.28. The SMILES string of the molecule is CC(C)NC(=O)/C(C#N)=C/c1ccc(N2CCCCC2)cc1. The van der Waals surface area contributed by atoms with Crippen LogP contribution < -0.4 is 10.2 Å². The van der Waals surface area contributed by atoms with Crippen molar-refractivity contribution < 1.29 is 4.79 Å². The smallest absolute Gasteiger partial charge is 0.262 e. The Balaban J connectivity index is 2.10. The molecule has 0 saturated carbocycles. The molecule has 22 heavy (non-hydrogen) atoms. The third kappa shape index (κ3) is 4.36. The van der Waals surface area contributed by atoms with Crippen LogP contribution in [0.5, 0.6) is 0 Å². The minimum absolute atomic E-state index is 0.0192. The summed E-state index contributed by atoms with van der Waals surface area (Å²) in [5.41, 5.74) is 2.22. The zero-order valence-corrected chi connectivity index (χ0v) is 13.3. The summed E-state index contributed by atoms with van der Waals surface area (Å²) in [7, 11) is 0. The van der Waals surface area contributed by atoms with Gasteiger partial charge in [0.15, 0.2) is 0 Å². The molecule has 1 saturated heterocycles. The first kappa shape index (κ1) is 16.1. The lowest BCUT2D eigenvalue weighted by Crippen LogP contribution is -2.30. The quantitative estimate of drug-likeness (QED) is 0.686. The molecule has 1 aliphatic rings. The average Bonchev–Trinajstić information content (AvgIpc) is 2.53. The van der Waals surface area contributed by atoms with Crippen LogP contribution in [0.2, 0.25) is 0 Å². The predicted molar refractivity (Wildman–Crippen MR) is 89.4 cm³/mol. The third-order valence-corrected chi connectivity index (χ3v) is 3.71. The number of amides is 1. The fourth-order valence-corrected chi connectivity index (χ4v) is 2.59. The fraction of sp³-hybridized carbons (Fsp3) is 0.444. The maximum absolute atomic E-state index is 11.9. The maximum atomic E-state index is 11.9. The highest BCUT2D eigenvalue weighted by atomic mass is 16.1. The standard InChI is InChI=1S/C18H23N3O/c1-14(2)20-18(22)16(13-19)12-15-6-8-17(9-7-15)21-10-4-3-5-11-21/h6-9,12,14H,3-5,10-11H2,1-2H3,(H,20,22)/b16-12+. The van der Waals surface area contributed by atoms with Crippen molar-refractivity contribution in [3.05, 3.63) is 35.4 Å². The Bertz CT molecular complexity index is 575. The van der Waals surface area contributed by atoms with Crippen molar-refractivity contribution in [3.8, 4) is 6.07 Å². The molecule has 0 spiro atoms. The molecular weight excluding hydrogens is 274 g/mol. The zero-order chi connectivity index (χ0) is 15.9. The van der Waals surface area contributed by atoms with Gasteiger partial charge in [-0.05, 0) is 56.9 Å². The first-order chi connectivity index (χ1) is 10.6. The van der Waals surface area contributed by atoms with E-state index in [0.717, 1.165) is 18.7 Å². The van der Waals surface area contributed by atoms with Crippen LogP contribution in [0, 0.1) is 11.3 Å². The molecule has 0 atom stereocenters. The molecule has 4 heteroatoms. The van der Waals surface area contributed by atoms with E-state index in [-0.39, 0.29) is 17.5 Å². The minimum Gasteiger partial charge on any atom is -0.372 e. The van der Waals surface area contributed by atoms with Gasteiger partial charge in [0.2, 0.25) is 0 Å². The lowest BCUT2D eigenvalue weighted by molar-refractivity contribution is -0.117. The van der Waals surface area contributed by atoms with Gasteiger partial charge >= 0.3 is 0 Å². The van der Waals surface area contributed by atoms with Gasteiger partial charge in [-0.25, -0.2) is 0 Å². The normalized spacial score (nSPS) is 15.5. The largest absolute Gasteiger partial charge is 0.372 e. The van der Waals surface area contributed by atoms with Crippen LogP contribution in [-0.4, -0.2) is 25.0 Å². The molecule has 1 amide bonds. The first-order valence-corrected chi connectivity index (χ1v) is 7.88. The molecule has 1 N–H and O–H groups in total. The van der Waals surface area contributed by atoms with Crippen LogP contribution in [-0.2, 0) is 4.79 Å². The minimum atomic E-state index is -0.322. The molecule has 0 bridgehead atoms. The van der Waals surface area contributed by atoms with E-state index in [1.165, 1.54) is 24.9 Å². The highest BCUT2D eigenvalue weighted by molar-refractivity contribution is 6.01. The number of carbonyl (C=O) groups is 1. The molecule has 1 heterocycles. The number of hydrogen-bond acceptors (Lipinski definition) is 3. The van der Waals surface area contributed by atoms with Gasteiger partial charge in [-0.1, -0.05) is 12.1 Å². The molecule has 0 radical (unpaired) electrons. The summed E-state index contributed by atoms with van der Waals surface area (Å²) in [6.07, 6.45) is 5.44. The van der Waals surface area contributed by atoms with Gasteiger partial charge in [0.1, 0.15) is 11.6 Å². The molecule has 1 aromatic rings. The van der Waals surface area contributed by atoms with Crippen molar-refractivity contribution in [1.29, 1.82) is 5.26 Å². The van der Waals surface area contributed by atoms with E-state index in [9.17, 15) is 4.79 Å². The van der Waals surface area contributed by atoms with Gasteiger partial charge in [-0.3, -0.25) is 4.79 Å². The third-order valence-electron chi connectivity index (χ3n) is 3.71. The van der Waals surface area contributed by atoms with Gasteiger partial charge in [0, 0.05) is 24.8 Å². The molecule has 4 nitrogen and oxygen atoms in total. The summed E-state index contributed by atoms with van der Waals surface area (Å²) in [6.45, 7) is 5.96. The number of anilines is 1. The summed E-state index contributed by atoms with van der Waals surface area (Å²) in [6, 6.07) is 10.0. The summed E-state index contributed by atoms with van der Waals surface area (Å²) < 4.78 is 0. The van der Waals surface area contributed by atoms with E-state index in [2.05, 4.69) is 22.3 Å². The second-order valence-corrected chi connectivity index (χ2v) is 5.94. The van der Waals surface area contributed by atoms with Crippen molar-refractivity contribution in [3.63, 3.8) is 0 Å². The maximum Gasteiger partial charge on any atom is 0.262 e. The number of nitrogens with one attached hydrogen (secondary N) is 1. The number of nitrogens with zero attached hydrogens (tertiary/aromatic N) is 2. The topological polar surface area (TPSA) is 56.1 Å². The lowest BCUT2D eigenvalue weighted by Gasteiger charge is -2.28. The second-order valence-electron chi connectivity index (χ2n) is 5.94. The van der Waals surface area contributed by atoms with Crippen molar-refractivity contribution in [2.45, 2.75) is 39.2 Å². The average molecular weight is 297 g/mol. The van der Waals surface area contributed by atoms with Crippen LogP contribution in [0.4, 0.5) is 5.69 Å². The molecular formula is C18H23N3O. The van der Waals surface area contributed by atoms with E-state index in [4.69, 9.17) is 5.26 Å². The highest BCUT2D eigenvalue weighted by Gasteiger charge is 2.12. The molecule has 1 fully saturated rings.